The Kier molecular flexibility index (Phi) is 4.68. The smallest absolute Gasteiger partial charge is 0.0876 e. The lowest BCUT2D eigenvalue weighted by atomic mass is 9.80. The first-order valence-corrected chi connectivity index (χ1v) is 7.42. The molecule has 104 valence electrons. The zero-order valence-corrected chi connectivity index (χ0v) is 12.2. The second-order valence-electron chi connectivity index (χ2n) is 5.86. The Morgan fingerprint density at radius 2 is 2.06 bits per heavy atom. The van der Waals surface area contributed by atoms with Crippen molar-refractivity contribution < 1.29 is 4.74 Å². The Morgan fingerprint density at radius 3 is 2.56 bits per heavy atom. The molecule has 0 aromatic carbocycles. The minimum absolute atomic E-state index is 0.294. The second-order valence-corrected chi connectivity index (χ2v) is 5.86. The molecule has 0 amide bonds. The Hall–Kier alpha value is -0.540. The van der Waals surface area contributed by atoms with Crippen LogP contribution in [0.25, 0.3) is 0 Å². The van der Waals surface area contributed by atoms with E-state index in [0.29, 0.717) is 11.6 Å². The van der Waals surface area contributed by atoms with Crippen molar-refractivity contribution in [2.24, 2.45) is 0 Å². The molecule has 1 aliphatic carbocycles. The second kappa shape index (κ2) is 6.07. The molecule has 18 heavy (non-hydrogen) atoms. The Balaban J connectivity index is 2.24. The molecular formula is C15H28N2O. The fourth-order valence-corrected chi connectivity index (χ4v) is 3.65. The van der Waals surface area contributed by atoms with Crippen molar-refractivity contribution >= 4 is 0 Å². The summed E-state index contributed by atoms with van der Waals surface area (Å²) in [5, 5.41) is 3.73. The Bertz CT molecular complexity index is 293. The van der Waals surface area contributed by atoms with Gasteiger partial charge in [0.05, 0.1) is 12.9 Å². The molecule has 0 radical (unpaired) electrons. The summed E-state index contributed by atoms with van der Waals surface area (Å²) >= 11 is 0. The van der Waals surface area contributed by atoms with Crippen molar-refractivity contribution in [3.63, 3.8) is 0 Å². The predicted octanol–water partition coefficient (Wildman–Crippen LogP) is 2.53. The van der Waals surface area contributed by atoms with Gasteiger partial charge in [-0.25, -0.2) is 0 Å². The molecule has 3 heteroatoms. The molecule has 0 saturated heterocycles. The Morgan fingerprint density at radius 1 is 1.33 bits per heavy atom. The van der Waals surface area contributed by atoms with Gasteiger partial charge in [0.1, 0.15) is 0 Å². The van der Waals surface area contributed by atoms with Gasteiger partial charge in [0.15, 0.2) is 0 Å². The number of ether oxygens (including phenoxy) is 1. The van der Waals surface area contributed by atoms with Crippen molar-refractivity contribution in [2.45, 2.75) is 57.0 Å². The quantitative estimate of drug-likeness (QED) is 0.814. The first-order chi connectivity index (χ1) is 8.70. The van der Waals surface area contributed by atoms with Gasteiger partial charge < -0.3 is 15.0 Å². The number of nitrogens with zero attached hydrogens (tertiary/aromatic N) is 1. The maximum atomic E-state index is 5.57. The summed E-state index contributed by atoms with van der Waals surface area (Å²) in [5.41, 5.74) is 1.77. The van der Waals surface area contributed by atoms with E-state index in [9.17, 15) is 0 Å². The monoisotopic (exact) mass is 252 g/mol. The van der Waals surface area contributed by atoms with Crippen molar-refractivity contribution in [3.8, 4) is 0 Å². The van der Waals surface area contributed by atoms with Gasteiger partial charge in [-0.2, -0.15) is 0 Å². The van der Waals surface area contributed by atoms with Crippen molar-refractivity contribution in [3.05, 3.63) is 11.8 Å². The van der Waals surface area contributed by atoms with Crippen LogP contribution in [0.3, 0.4) is 0 Å². The predicted molar refractivity (Wildman–Crippen MR) is 75.6 cm³/mol. The highest BCUT2D eigenvalue weighted by Gasteiger charge is 2.44. The van der Waals surface area contributed by atoms with Crippen molar-refractivity contribution in [1.29, 1.82) is 0 Å². The number of hydrogen-bond acceptors (Lipinski definition) is 3. The third-order valence-electron chi connectivity index (χ3n) is 4.64. The number of nitrogens with one attached hydrogen (secondary N) is 1. The van der Waals surface area contributed by atoms with Gasteiger partial charge in [0.25, 0.3) is 0 Å². The first-order valence-electron chi connectivity index (χ1n) is 7.42. The summed E-state index contributed by atoms with van der Waals surface area (Å²) in [4.78, 5) is 2.45. The third kappa shape index (κ3) is 2.57. The highest BCUT2D eigenvalue weighted by molar-refractivity contribution is 5.20. The van der Waals surface area contributed by atoms with Gasteiger partial charge in [-0.05, 0) is 51.9 Å². The maximum Gasteiger partial charge on any atom is 0.0876 e. The summed E-state index contributed by atoms with van der Waals surface area (Å²) in [6.07, 6.45) is 9.69. The number of rotatable bonds is 5. The molecule has 0 spiro atoms. The van der Waals surface area contributed by atoms with Gasteiger partial charge in [-0.1, -0.05) is 19.8 Å². The standard InChI is InChI=1S/C15H28N2O/c1-4-16-14(13-8-7-11-18-12-13)15(17(2)3)9-5-6-10-15/h12,14,16H,4-11H2,1-3H3. The molecule has 1 heterocycles. The molecule has 1 N–H and O–H groups in total. The van der Waals surface area contributed by atoms with E-state index in [1.807, 2.05) is 6.26 Å². The summed E-state index contributed by atoms with van der Waals surface area (Å²) in [7, 11) is 4.47. The van der Waals surface area contributed by atoms with Crippen molar-refractivity contribution in [2.75, 3.05) is 27.2 Å². The molecule has 0 aromatic heterocycles. The van der Waals surface area contributed by atoms with E-state index in [1.54, 1.807) is 0 Å². The van der Waals surface area contributed by atoms with Crippen LogP contribution in [0.15, 0.2) is 11.8 Å². The van der Waals surface area contributed by atoms with Gasteiger partial charge in [-0.3, -0.25) is 0 Å². The first kappa shape index (κ1) is 13.9. The molecule has 1 unspecified atom stereocenters. The van der Waals surface area contributed by atoms with Gasteiger partial charge in [0.2, 0.25) is 0 Å². The molecule has 2 rings (SSSR count). The lowest BCUT2D eigenvalue weighted by molar-refractivity contribution is 0.111. The molecule has 0 aromatic rings. The van der Waals surface area contributed by atoms with Crippen LogP contribution in [0.1, 0.15) is 45.4 Å². The van der Waals surface area contributed by atoms with Crippen LogP contribution in [0.2, 0.25) is 0 Å². The topological polar surface area (TPSA) is 24.5 Å². The van der Waals surface area contributed by atoms with Crippen LogP contribution >= 0.6 is 0 Å². The Labute approximate surface area is 112 Å². The van der Waals surface area contributed by atoms with Gasteiger partial charge in [0, 0.05) is 11.6 Å². The summed E-state index contributed by atoms with van der Waals surface area (Å²) < 4.78 is 5.57. The SMILES string of the molecule is CCNC(C1=COCCC1)C1(N(C)C)CCCC1. The summed E-state index contributed by atoms with van der Waals surface area (Å²) in [5.74, 6) is 0. The summed E-state index contributed by atoms with van der Waals surface area (Å²) in [6, 6.07) is 0.459. The number of likely N-dealkylation sites (N-methyl/N-ethyl adjacent to an activating group) is 2. The highest BCUT2D eigenvalue weighted by atomic mass is 16.5. The lowest BCUT2D eigenvalue weighted by Crippen LogP contribution is -2.58. The molecule has 2 aliphatic rings. The fourth-order valence-electron chi connectivity index (χ4n) is 3.65. The van der Waals surface area contributed by atoms with E-state index in [4.69, 9.17) is 4.74 Å². The molecular weight excluding hydrogens is 224 g/mol. The molecule has 1 atom stereocenters. The largest absolute Gasteiger partial charge is 0.501 e. The average molecular weight is 252 g/mol. The van der Waals surface area contributed by atoms with E-state index in [1.165, 1.54) is 37.7 Å². The minimum Gasteiger partial charge on any atom is -0.501 e. The number of hydrogen-bond donors (Lipinski definition) is 1. The van der Waals surface area contributed by atoms with Crippen LogP contribution in [-0.2, 0) is 4.74 Å². The van der Waals surface area contributed by atoms with Crippen LogP contribution < -0.4 is 5.32 Å². The molecule has 1 fully saturated rings. The van der Waals surface area contributed by atoms with E-state index in [0.717, 1.165) is 19.6 Å². The molecule has 1 saturated carbocycles. The maximum absolute atomic E-state index is 5.57. The minimum atomic E-state index is 0.294. The van der Waals surface area contributed by atoms with Crippen molar-refractivity contribution in [1.82, 2.24) is 10.2 Å². The fraction of sp³-hybridized carbons (Fsp3) is 0.867. The zero-order valence-electron chi connectivity index (χ0n) is 12.2. The van der Waals surface area contributed by atoms with Gasteiger partial charge in [-0.15, -0.1) is 0 Å². The lowest BCUT2D eigenvalue weighted by Gasteiger charge is -2.45. The van der Waals surface area contributed by atoms with Crippen LogP contribution in [0, 0.1) is 0 Å². The highest BCUT2D eigenvalue weighted by Crippen LogP contribution is 2.40. The van der Waals surface area contributed by atoms with E-state index < -0.39 is 0 Å². The third-order valence-corrected chi connectivity index (χ3v) is 4.64. The van der Waals surface area contributed by atoms with Gasteiger partial charge >= 0.3 is 0 Å². The molecule has 1 aliphatic heterocycles. The van der Waals surface area contributed by atoms with E-state index in [-0.39, 0.29) is 0 Å². The van der Waals surface area contributed by atoms with E-state index in [2.05, 4.69) is 31.2 Å². The van der Waals surface area contributed by atoms with Crippen LogP contribution in [0.4, 0.5) is 0 Å². The van der Waals surface area contributed by atoms with Crippen LogP contribution in [0.5, 0.6) is 0 Å². The van der Waals surface area contributed by atoms with Crippen LogP contribution in [-0.4, -0.2) is 43.7 Å². The molecule has 0 bridgehead atoms. The molecule has 3 nitrogen and oxygen atoms in total. The average Bonchev–Trinajstić information content (AvgIpc) is 2.87. The zero-order chi connectivity index (χ0) is 13.0. The van der Waals surface area contributed by atoms with E-state index >= 15 is 0 Å². The normalized spacial score (nSPS) is 24.8. The summed E-state index contributed by atoms with van der Waals surface area (Å²) in [6.45, 7) is 4.12.